The van der Waals surface area contributed by atoms with Crippen LogP contribution in [0.5, 0.6) is 0 Å². The van der Waals surface area contributed by atoms with Crippen LogP contribution >= 0.6 is 27.5 Å². The summed E-state index contributed by atoms with van der Waals surface area (Å²) in [5.74, 6) is 0. The largest absolute Gasteiger partial charge is 0.397 e. The van der Waals surface area contributed by atoms with E-state index in [9.17, 15) is 0 Å². The minimum Gasteiger partial charge on any atom is -0.397 e. The van der Waals surface area contributed by atoms with Gasteiger partial charge in [0.2, 0.25) is 0 Å². The molecular weight excluding hydrogens is 263 g/mol. The van der Waals surface area contributed by atoms with E-state index < -0.39 is 0 Å². The molecule has 1 heterocycles. The monoisotopic (exact) mass is 270 g/mol. The Balaban J connectivity index is 2.94. The Morgan fingerprint density at radius 2 is 2.14 bits per heavy atom. The summed E-state index contributed by atoms with van der Waals surface area (Å²) < 4.78 is 0.895. The van der Waals surface area contributed by atoms with Crippen LogP contribution in [-0.2, 0) is 0 Å². The number of fused-ring (bicyclic) bond motifs is 1. The average Bonchev–Trinajstić information content (AvgIpc) is 2.14. The van der Waals surface area contributed by atoms with Gasteiger partial charge in [-0.1, -0.05) is 11.6 Å². The van der Waals surface area contributed by atoms with Crippen molar-refractivity contribution in [3.05, 3.63) is 33.4 Å². The molecule has 2 nitrogen and oxygen atoms in total. The maximum absolute atomic E-state index is 5.91. The lowest BCUT2D eigenvalue weighted by atomic mass is 10.1. The number of nitrogens with zero attached hydrogens (tertiary/aromatic N) is 1. The molecule has 0 fully saturated rings. The van der Waals surface area contributed by atoms with E-state index in [0.717, 1.165) is 20.9 Å². The zero-order valence-corrected chi connectivity index (χ0v) is 9.85. The summed E-state index contributed by atoms with van der Waals surface area (Å²) in [6.07, 6.45) is 0. The second-order valence-electron chi connectivity index (χ2n) is 3.12. The minimum absolute atomic E-state index is 0.488. The Labute approximate surface area is 95.2 Å². The van der Waals surface area contributed by atoms with Crippen molar-refractivity contribution in [2.45, 2.75) is 6.92 Å². The van der Waals surface area contributed by atoms with Crippen LogP contribution in [0.25, 0.3) is 10.9 Å². The highest BCUT2D eigenvalue weighted by atomic mass is 79.9. The number of rotatable bonds is 0. The number of nitrogens with two attached hydrogens (primary N) is 1. The highest BCUT2D eigenvalue weighted by Gasteiger charge is 2.07. The number of anilines is 1. The van der Waals surface area contributed by atoms with Crippen LogP contribution in [0.4, 0.5) is 5.69 Å². The third kappa shape index (κ3) is 1.47. The number of benzene rings is 1. The van der Waals surface area contributed by atoms with Crippen LogP contribution in [0.2, 0.25) is 5.15 Å². The van der Waals surface area contributed by atoms with Gasteiger partial charge in [0.1, 0.15) is 5.15 Å². The summed E-state index contributed by atoms with van der Waals surface area (Å²) in [6.45, 7) is 1.98. The van der Waals surface area contributed by atoms with Crippen molar-refractivity contribution in [3.8, 4) is 0 Å². The van der Waals surface area contributed by atoms with Gasteiger partial charge in [0.05, 0.1) is 11.2 Å². The van der Waals surface area contributed by atoms with Crippen LogP contribution in [0, 0.1) is 6.92 Å². The Morgan fingerprint density at radius 1 is 1.43 bits per heavy atom. The quantitative estimate of drug-likeness (QED) is 0.588. The highest BCUT2D eigenvalue weighted by molar-refractivity contribution is 9.10. The Morgan fingerprint density at radius 3 is 2.86 bits per heavy atom. The van der Waals surface area contributed by atoms with Gasteiger partial charge in [-0.3, -0.25) is 0 Å². The first-order valence-corrected chi connectivity index (χ1v) is 5.27. The van der Waals surface area contributed by atoms with Crippen molar-refractivity contribution >= 4 is 44.1 Å². The molecule has 2 rings (SSSR count). The molecule has 0 unspecified atom stereocenters. The number of hydrogen-bond acceptors (Lipinski definition) is 2. The summed E-state index contributed by atoms with van der Waals surface area (Å²) in [7, 11) is 0. The smallest absolute Gasteiger partial charge is 0.129 e. The predicted molar refractivity (Wildman–Crippen MR) is 63.6 cm³/mol. The van der Waals surface area contributed by atoms with Crippen molar-refractivity contribution in [1.82, 2.24) is 4.98 Å². The number of hydrogen-bond donors (Lipinski definition) is 1. The molecule has 0 saturated carbocycles. The molecule has 1 aromatic carbocycles. The molecule has 1 aromatic heterocycles. The summed E-state index contributed by atoms with van der Waals surface area (Å²) in [4.78, 5) is 4.24. The fraction of sp³-hybridized carbons (Fsp3) is 0.100. The number of aryl methyl sites for hydroxylation is 1. The van der Waals surface area contributed by atoms with Crippen molar-refractivity contribution in [3.63, 3.8) is 0 Å². The van der Waals surface area contributed by atoms with Crippen LogP contribution in [0.1, 0.15) is 5.56 Å². The van der Waals surface area contributed by atoms with Gasteiger partial charge in [-0.25, -0.2) is 4.98 Å². The van der Waals surface area contributed by atoms with Crippen molar-refractivity contribution in [2.24, 2.45) is 0 Å². The zero-order chi connectivity index (χ0) is 10.3. The lowest BCUT2D eigenvalue weighted by Crippen LogP contribution is -1.93. The van der Waals surface area contributed by atoms with Gasteiger partial charge in [0, 0.05) is 9.86 Å². The first-order chi connectivity index (χ1) is 6.59. The molecule has 0 aliphatic rings. The van der Waals surface area contributed by atoms with Crippen LogP contribution in [0.15, 0.2) is 22.7 Å². The average molecular weight is 272 g/mol. The molecule has 14 heavy (non-hydrogen) atoms. The van der Waals surface area contributed by atoms with Crippen LogP contribution in [-0.4, -0.2) is 4.98 Å². The molecule has 0 atom stereocenters. The SMILES string of the molecule is Cc1cc(Br)c(N)c2ccc(Cl)nc12. The van der Waals surface area contributed by atoms with Gasteiger partial charge < -0.3 is 5.73 Å². The molecule has 2 aromatic rings. The molecule has 72 valence electrons. The van der Waals surface area contributed by atoms with Gasteiger partial charge in [0.25, 0.3) is 0 Å². The molecule has 0 spiro atoms. The third-order valence-corrected chi connectivity index (χ3v) is 2.99. The first kappa shape index (κ1) is 9.74. The van der Waals surface area contributed by atoms with Gasteiger partial charge in [-0.05, 0) is 46.6 Å². The van der Waals surface area contributed by atoms with Crippen molar-refractivity contribution < 1.29 is 0 Å². The summed E-state index contributed by atoms with van der Waals surface area (Å²) >= 11 is 9.22. The summed E-state index contributed by atoms with van der Waals surface area (Å²) in [6, 6.07) is 5.57. The Kier molecular flexibility index (Phi) is 2.37. The molecular formula is C10H8BrClN2. The Bertz CT molecular complexity index is 511. The van der Waals surface area contributed by atoms with E-state index in [1.54, 1.807) is 6.07 Å². The predicted octanol–water partition coefficient (Wildman–Crippen LogP) is 3.54. The van der Waals surface area contributed by atoms with E-state index in [-0.39, 0.29) is 0 Å². The second-order valence-corrected chi connectivity index (χ2v) is 4.36. The number of nitrogen functional groups attached to an aromatic ring is 1. The fourth-order valence-corrected chi connectivity index (χ4v) is 2.12. The zero-order valence-electron chi connectivity index (χ0n) is 7.51. The molecule has 0 radical (unpaired) electrons. The minimum atomic E-state index is 0.488. The van der Waals surface area contributed by atoms with Crippen LogP contribution in [0.3, 0.4) is 0 Å². The van der Waals surface area contributed by atoms with E-state index in [0.29, 0.717) is 10.8 Å². The van der Waals surface area contributed by atoms with Gasteiger partial charge >= 0.3 is 0 Å². The topological polar surface area (TPSA) is 38.9 Å². The van der Waals surface area contributed by atoms with Gasteiger partial charge in [0.15, 0.2) is 0 Å². The van der Waals surface area contributed by atoms with E-state index in [4.69, 9.17) is 17.3 Å². The van der Waals surface area contributed by atoms with Crippen LogP contribution < -0.4 is 5.73 Å². The fourth-order valence-electron chi connectivity index (χ4n) is 1.42. The van der Waals surface area contributed by atoms with Gasteiger partial charge in [-0.15, -0.1) is 0 Å². The standard InChI is InChI=1S/C10H8BrClN2/c1-5-4-7(11)9(13)6-2-3-8(12)14-10(5)6/h2-4H,13H2,1H3. The Hall–Kier alpha value is -0.800. The van der Waals surface area contributed by atoms with E-state index in [1.165, 1.54) is 0 Å². The molecule has 0 aliphatic carbocycles. The first-order valence-electron chi connectivity index (χ1n) is 4.10. The number of halogens is 2. The summed E-state index contributed by atoms with van der Waals surface area (Å²) in [5.41, 5.74) is 8.53. The lowest BCUT2D eigenvalue weighted by molar-refractivity contribution is 1.36. The molecule has 2 N–H and O–H groups in total. The maximum atomic E-state index is 5.91. The second kappa shape index (κ2) is 3.41. The van der Waals surface area contributed by atoms with E-state index in [2.05, 4.69) is 20.9 Å². The maximum Gasteiger partial charge on any atom is 0.129 e. The van der Waals surface area contributed by atoms with E-state index >= 15 is 0 Å². The third-order valence-electron chi connectivity index (χ3n) is 2.13. The molecule has 0 bridgehead atoms. The highest BCUT2D eigenvalue weighted by Crippen LogP contribution is 2.31. The number of pyridine rings is 1. The number of aromatic nitrogens is 1. The molecule has 0 saturated heterocycles. The molecule has 4 heteroatoms. The van der Waals surface area contributed by atoms with E-state index in [1.807, 2.05) is 19.1 Å². The lowest BCUT2D eigenvalue weighted by Gasteiger charge is -2.07. The normalized spacial score (nSPS) is 10.8. The van der Waals surface area contributed by atoms with Crippen molar-refractivity contribution in [1.29, 1.82) is 0 Å². The summed E-state index contributed by atoms with van der Waals surface area (Å²) in [5, 5.41) is 1.42. The molecule has 0 aliphatic heterocycles. The van der Waals surface area contributed by atoms with Gasteiger partial charge in [-0.2, -0.15) is 0 Å². The molecule has 0 amide bonds. The van der Waals surface area contributed by atoms with Crippen molar-refractivity contribution in [2.75, 3.05) is 5.73 Å².